The van der Waals surface area contributed by atoms with E-state index in [1.54, 1.807) is 6.92 Å². The Balaban J connectivity index is 3.30. The first-order valence-corrected chi connectivity index (χ1v) is 5.08. The van der Waals surface area contributed by atoms with E-state index in [-0.39, 0.29) is 28.6 Å². The number of rotatable bonds is 4. The first-order valence-electron chi connectivity index (χ1n) is 4.70. The third-order valence-electron chi connectivity index (χ3n) is 1.97. The van der Waals surface area contributed by atoms with E-state index in [1.165, 1.54) is 13.2 Å². The first-order chi connectivity index (χ1) is 8.02. The van der Waals surface area contributed by atoms with Crippen LogP contribution in [0.15, 0.2) is 12.1 Å². The largest absolute Gasteiger partial charge is 0.494 e. The molecular weight excluding hydrogens is 250 g/mol. The molecule has 0 unspecified atom stereocenters. The summed E-state index contributed by atoms with van der Waals surface area (Å²) in [6.45, 7) is 1.84. The van der Waals surface area contributed by atoms with E-state index >= 15 is 0 Å². The van der Waals surface area contributed by atoms with Gasteiger partial charge in [0.2, 0.25) is 0 Å². The van der Waals surface area contributed by atoms with Crippen molar-refractivity contribution >= 4 is 23.3 Å². The Morgan fingerprint density at radius 2 is 2.18 bits per heavy atom. The molecule has 0 aliphatic carbocycles. The normalized spacial score (nSPS) is 9.82. The highest BCUT2D eigenvalue weighted by Gasteiger charge is 2.24. The Bertz CT molecular complexity index is 460. The molecule has 0 atom stereocenters. The zero-order chi connectivity index (χ0) is 13.0. The van der Waals surface area contributed by atoms with Crippen molar-refractivity contribution in [2.45, 2.75) is 6.92 Å². The topological polar surface area (TPSA) is 78.7 Å². The number of nitrogens with zero attached hydrogens (tertiary/aromatic N) is 1. The molecule has 0 radical (unpaired) electrons. The minimum atomic E-state index is -0.653. The lowest BCUT2D eigenvalue weighted by Crippen LogP contribution is -2.07. The summed E-state index contributed by atoms with van der Waals surface area (Å²) < 4.78 is 9.68. The monoisotopic (exact) mass is 259 g/mol. The first kappa shape index (κ1) is 13.2. The summed E-state index contributed by atoms with van der Waals surface area (Å²) in [4.78, 5) is 21.5. The molecule has 0 aromatic heterocycles. The highest BCUT2D eigenvalue weighted by molar-refractivity contribution is 6.34. The second-order valence-corrected chi connectivity index (χ2v) is 3.34. The second kappa shape index (κ2) is 5.49. The van der Waals surface area contributed by atoms with E-state index in [0.29, 0.717) is 0 Å². The SMILES string of the molecule is CCOC(=O)c1ccc([N+](=O)[O-])c(Cl)c1OC. The van der Waals surface area contributed by atoms with E-state index in [1.807, 2.05) is 0 Å². The zero-order valence-electron chi connectivity index (χ0n) is 9.23. The van der Waals surface area contributed by atoms with Gasteiger partial charge in [-0.15, -0.1) is 0 Å². The molecule has 6 nitrogen and oxygen atoms in total. The maximum absolute atomic E-state index is 11.5. The summed E-state index contributed by atoms with van der Waals surface area (Å²) in [5, 5.41) is 10.4. The minimum Gasteiger partial charge on any atom is -0.494 e. The van der Waals surface area contributed by atoms with Crippen molar-refractivity contribution in [1.82, 2.24) is 0 Å². The Labute approximate surface area is 102 Å². The Morgan fingerprint density at radius 1 is 1.53 bits per heavy atom. The fourth-order valence-electron chi connectivity index (χ4n) is 1.26. The van der Waals surface area contributed by atoms with Gasteiger partial charge >= 0.3 is 5.97 Å². The lowest BCUT2D eigenvalue weighted by atomic mass is 10.2. The fraction of sp³-hybridized carbons (Fsp3) is 0.300. The molecule has 0 N–H and O–H groups in total. The number of ether oxygens (including phenoxy) is 2. The van der Waals surface area contributed by atoms with Crippen LogP contribution in [0.1, 0.15) is 17.3 Å². The van der Waals surface area contributed by atoms with Crippen molar-refractivity contribution in [2.24, 2.45) is 0 Å². The highest BCUT2D eigenvalue weighted by atomic mass is 35.5. The molecule has 17 heavy (non-hydrogen) atoms. The van der Waals surface area contributed by atoms with Crippen LogP contribution in [-0.2, 0) is 4.74 Å². The van der Waals surface area contributed by atoms with E-state index in [4.69, 9.17) is 21.1 Å². The molecule has 1 aromatic rings. The van der Waals surface area contributed by atoms with Crippen LogP contribution >= 0.6 is 11.6 Å². The maximum Gasteiger partial charge on any atom is 0.341 e. The number of esters is 1. The number of hydrogen-bond donors (Lipinski definition) is 0. The van der Waals surface area contributed by atoms with Crippen LogP contribution in [0.2, 0.25) is 5.02 Å². The summed E-state index contributed by atoms with van der Waals surface area (Å²) in [6.07, 6.45) is 0. The van der Waals surface area contributed by atoms with E-state index in [9.17, 15) is 14.9 Å². The third kappa shape index (κ3) is 2.65. The van der Waals surface area contributed by atoms with Crippen LogP contribution in [0.4, 0.5) is 5.69 Å². The Kier molecular flexibility index (Phi) is 4.28. The number of methoxy groups -OCH3 is 1. The van der Waals surface area contributed by atoms with Gasteiger partial charge in [0.05, 0.1) is 18.6 Å². The van der Waals surface area contributed by atoms with Crippen molar-refractivity contribution < 1.29 is 19.2 Å². The fourth-order valence-corrected chi connectivity index (χ4v) is 1.57. The number of nitro benzene ring substituents is 1. The smallest absolute Gasteiger partial charge is 0.341 e. The van der Waals surface area contributed by atoms with Gasteiger partial charge in [0.15, 0.2) is 10.8 Å². The average molecular weight is 260 g/mol. The van der Waals surface area contributed by atoms with Crippen LogP contribution in [0, 0.1) is 10.1 Å². The minimum absolute atomic E-state index is 0.0562. The van der Waals surface area contributed by atoms with Crippen LogP contribution < -0.4 is 4.74 Å². The van der Waals surface area contributed by atoms with Crippen LogP contribution in [0.5, 0.6) is 5.75 Å². The van der Waals surface area contributed by atoms with Crippen molar-refractivity contribution in [1.29, 1.82) is 0 Å². The molecule has 7 heteroatoms. The third-order valence-corrected chi connectivity index (χ3v) is 2.34. The highest BCUT2D eigenvalue weighted by Crippen LogP contribution is 2.36. The van der Waals surface area contributed by atoms with Gasteiger partial charge in [-0.2, -0.15) is 0 Å². The molecule has 92 valence electrons. The van der Waals surface area contributed by atoms with Gasteiger partial charge < -0.3 is 9.47 Å². The van der Waals surface area contributed by atoms with Gasteiger partial charge in [-0.3, -0.25) is 10.1 Å². The lowest BCUT2D eigenvalue weighted by Gasteiger charge is -2.09. The quantitative estimate of drug-likeness (QED) is 0.471. The van der Waals surface area contributed by atoms with Crippen molar-refractivity contribution in [2.75, 3.05) is 13.7 Å². The molecule has 0 saturated carbocycles. The van der Waals surface area contributed by atoms with Gasteiger partial charge in [0.1, 0.15) is 5.56 Å². The lowest BCUT2D eigenvalue weighted by molar-refractivity contribution is -0.384. The number of benzene rings is 1. The van der Waals surface area contributed by atoms with Crippen LogP contribution in [0.25, 0.3) is 0 Å². The number of hydrogen-bond acceptors (Lipinski definition) is 5. The second-order valence-electron chi connectivity index (χ2n) is 2.96. The van der Waals surface area contributed by atoms with E-state index in [2.05, 4.69) is 0 Å². The van der Waals surface area contributed by atoms with Gasteiger partial charge in [-0.05, 0) is 13.0 Å². The average Bonchev–Trinajstić information content (AvgIpc) is 2.28. The molecular formula is C10H10ClNO5. The molecule has 1 rings (SSSR count). The molecule has 0 saturated heterocycles. The van der Waals surface area contributed by atoms with Gasteiger partial charge in [-0.25, -0.2) is 4.79 Å². The van der Waals surface area contributed by atoms with Crippen molar-refractivity contribution in [3.05, 3.63) is 32.8 Å². The van der Waals surface area contributed by atoms with Crippen LogP contribution in [0.3, 0.4) is 0 Å². The molecule has 0 spiro atoms. The maximum atomic E-state index is 11.5. The summed E-state index contributed by atoms with van der Waals surface area (Å²) in [5.74, 6) is -0.694. The summed E-state index contributed by atoms with van der Waals surface area (Å²) in [5.41, 5.74) is -0.262. The number of halogens is 1. The van der Waals surface area contributed by atoms with Crippen molar-refractivity contribution in [3.8, 4) is 5.75 Å². The van der Waals surface area contributed by atoms with Crippen molar-refractivity contribution in [3.63, 3.8) is 0 Å². The number of carbonyl (C=O) groups is 1. The van der Waals surface area contributed by atoms with E-state index in [0.717, 1.165) is 6.07 Å². The zero-order valence-corrected chi connectivity index (χ0v) is 9.98. The molecule has 1 aromatic carbocycles. The van der Waals surface area contributed by atoms with Gasteiger partial charge in [0.25, 0.3) is 5.69 Å². The standard InChI is InChI=1S/C10H10ClNO5/c1-3-17-10(13)6-4-5-7(12(14)15)8(11)9(6)16-2/h4-5H,3H2,1-2H3. The summed E-state index contributed by atoms with van der Waals surface area (Å²) in [7, 11) is 1.27. The summed E-state index contributed by atoms with van der Waals surface area (Å²) in [6, 6.07) is 2.39. The predicted octanol–water partition coefficient (Wildman–Crippen LogP) is 2.43. The molecule has 0 fully saturated rings. The van der Waals surface area contributed by atoms with Gasteiger partial charge in [-0.1, -0.05) is 11.6 Å². The van der Waals surface area contributed by atoms with Crippen LogP contribution in [-0.4, -0.2) is 24.6 Å². The molecule has 0 heterocycles. The Morgan fingerprint density at radius 3 is 2.65 bits per heavy atom. The van der Waals surface area contributed by atoms with Gasteiger partial charge in [0, 0.05) is 6.07 Å². The summed E-state index contributed by atoms with van der Waals surface area (Å²) >= 11 is 5.78. The number of nitro groups is 1. The van der Waals surface area contributed by atoms with E-state index < -0.39 is 10.9 Å². The molecule has 0 amide bonds. The molecule has 0 bridgehead atoms. The molecule has 0 aliphatic heterocycles. The number of carbonyl (C=O) groups excluding carboxylic acids is 1. The predicted molar refractivity (Wildman–Crippen MR) is 60.6 cm³/mol. The Hall–Kier alpha value is -1.82. The molecule has 0 aliphatic rings.